The van der Waals surface area contributed by atoms with Gasteiger partial charge in [0.25, 0.3) is 0 Å². The predicted octanol–water partition coefficient (Wildman–Crippen LogP) is 3.06. The van der Waals surface area contributed by atoms with Crippen LogP contribution in [-0.2, 0) is 16.0 Å². The maximum Gasteiger partial charge on any atom is 0.335 e. The first-order valence-electron chi connectivity index (χ1n) is 8.50. The van der Waals surface area contributed by atoms with Gasteiger partial charge in [0.05, 0.1) is 18.7 Å². The van der Waals surface area contributed by atoms with Crippen molar-refractivity contribution in [3.8, 4) is 0 Å². The summed E-state index contributed by atoms with van der Waals surface area (Å²) >= 11 is 0. The van der Waals surface area contributed by atoms with Crippen molar-refractivity contribution >= 4 is 11.9 Å². The third-order valence-corrected chi connectivity index (χ3v) is 4.50. The SMILES string of the molecule is O=C(O)c1ccc(CCC(=O)N2CCOC(c3ccccc3F)C2)cc1. The van der Waals surface area contributed by atoms with Crippen LogP contribution in [0.5, 0.6) is 0 Å². The molecular weight excluding hydrogens is 337 g/mol. The lowest BCUT2D eigenvalue weighted by Crippen LogP contribution is -2.42. The van der Waals surface area contributed by atoms with E-state index in [1.165, 1.54) is 18.2 Å². The van der Waals surface area contributed by atoms with Gasteiger partial charge in [-0.25, -0.2) is 9.18 Å². The number of amides is 1. The van der Waals surface area contributed by atoms with Crippen molar-refractivity contribution in [2.75, 3.05) is 19.7 Å². The van der Waals surface area contributed by atoms with E-state index in [1.54, 1.807) is 35.2 Å². The smallest absolute Gasteiger partial charge is 0.335 e. The summed E-state index contributed by atoms with van der Waals surface area (Å²) in [5.74, 6) is -1.32. The number of ether oxygens (including phenoxy) is 1. The lowest BCUT2D eigenvalue weighted by molar-refractivity contribution is -0.139. The van der Waals surface area contributed by atoms with Crippen molar-refractivity contribution in [2.24, 2.45) is 0 Å². The molecule has 0 spiro atoms. The highest BCUT2D eigenvalue weighted by Crippen LogP contribution is 2.25. The molecule has 1 N–H and O–H groups in total. The number of carboxylic acid groups (broad SMARTS) is 1. The second-order valence-electron chi connectivity index (χ2n) is 6.22. The lowest BCUT2D eigenvalue weighted by Gasteiger charge is -2.33. The molecule has 2 aromatic carbocycles. The zero-order chi connectivity index (χ0) is 18.5. The minimum Gasteiger partial charge on any atom is -0.478 e. The van der Waals surface area contributed by atoms with Crippen LogP contribution in [-0.4, -0.2) is 41.6 Å². The third kappa shape index (κ3) is 4.26. The molecule has 1 aliphatic rings. The van der Waals surface area contributed by atoms with Crippen molar-refractivity contribution in [1.29, 1.82) is 0 Å². The van der Waals surface area contributed by atoms with Gasteiger partial charge in [-0.3, -0.25) is 4.79 Å². The highest BCUT2D eigenvalue weighted by atomic mass is 19.1. The second kappa shape index (κ2) is 8.10. The molecular formula is C20H20FNO4. The van der Waals surface area contributed by atoms with E-state index < -0.39 is 12.1 Å². The largest absolute Gasteiger partial charge is 0.478 e. The summed E-state index contributed by atoms with van der Waals surface area (Å²) in [6.45, 7) is 1.19. The molecule has 1 amide bonds. The Morgan fingerprint density at radius 2 is 1.88 bits per heavy atom. The lowest BCUT2D eigenvalue weighted by atomic mass is 10.0. The number of carbonyl (C=O) groups excluding carboxylic acids is 1. The first kappa shape index (κ1) is 18.1. The van der Waals surface area contributed by atoms with E-state index in [0.717, 1.165) is 5.56 Å². The molecule has 1 aliphatic heterocycles. The molecule has 136 valence electrons. The number of rotatable bonds is 5. The van der Waals surface area contributed by atoms with E-state index in [4.69, 9.17) is 9.84 Å². The molecule has 0 bridgehead atoms. The Bertz CT molecular complexity index is 791. The van der Waals surface area contributed by atoms with E-state index in [1.807, 2.05) is 0 Å². The Hall–Kier alpha value is -2.73. The molecule has 6 heteroatoms. The number of carbonyl (C=O) groups is 2. The molecule has 0 radical (unpaired) electrons. The highest BCUT2D eigenvalue weighted by Gasteiger charge is 2.26. The van der Waals surface area contributed by atoms with Gasteiger partial charge in [-0.05, 0) is 30.2 Å². The molecule has 0 saturated carbocycles. The molecule has 1 atom stereocenters. The van der Waals surface area contributed by atoms with Gasteiger partial charge in [-0.1, -0.05) is 30.3 Å². The minimum atomic E-state index is -0.972. The van der Waals surface area contributed by atoms with Crippen molar-refractivity contribution in [3.63, 3.8) is 0 Å². The summed E-state index contributed by atoms with van der Waals surface area (Å²) in [4.78, 5) is 25.0. The number of halogens is 1. The number of nitrogens with zero attached hydrogens (tertiary/aromatic N) is 1. The molecule has 0 aromatic heterocycles. The van der Waals surface area contributed by atoms with Crippen LogP contribution in [0.1, 0.15) is 34.0 Å². The number of carboxylic acids is 1. The van der Waals surface area contributed by atoms with Crippen LogP contribution in [0.4, 0.5) is 4.39 Å². The van der Waals surface area contributed by atoms with Crippen molar-refractivity contribution in [1.82, 2.24) is 4.90 Å². The summed E-state index contributed by atoms with van der Waals surface area (Å²) < 4.78 is 19.6. The standard InChI is InChI=1S/C20H20FNO4/c21-17-4-2-1-3-16(17)18-13-22(11-12-26-18)19(23)10-7-14-5-8-15(9-6-14)20(24)25/h1-6,8-9,18H,7,10-13H2,(H,24,25). The first-order valence-corrected chi connectivity index (χ1v) is 8.50. The zero-order valence-corrected chi connectivity index (χ0v) is 14.2. The normalized spacial score (nSPS) is 17.1. The second-order valence-corrected chi connectivity index (χ2v) is 6.22. The summed E-state index contributed by atoms with van der Waals surface area (Å²) in [6, 6.07) is 13.0. The van der Waals surface area contributed by atoms with E-state index in [-0.39, 0.29) is 17.3 Å². The molecule has 5 nitrogen and oxygen atoms in total. The monoisotopic (exact) mass is 357 g/mol. The molecule has 1 saturated heterocycles. The number of hydrogen-bond donors (Lipinski definition) is 1. The van der Waals surface area contributed by atoms with E-state index in [9.17, 15) is 14.0 Å². The quantitative estimate of drug-likeness (QED) is 0.893. The Labute approximate surface area is 151 Å². The molecule has 26 heavy (non-hydrogen) atoms. The van der Waals surface area contributed by atoms with E-state index in [2.05, 4.69) is 0 Å². The Balaban J connectivity index is 1.57. The summed E-state index contributed by atoms with van der Waals surface area (Å²) in [5, 5.41) is 8.90. The fourth-order valence-electron chi connectivity index (χ4n) is 3.02. The van der Waals surface area contributed by atoms with Crippen molar-refractivity contribution in [3.05, 3.63) is 71.0 Å². The van der Waals surface area contributed by atoms with E-state index >= 15 is 0 Å². The van der Waals surface area contributed by atoms with Gasteiger partial charge in [-0.2, -0.15) is 0 Å². The fourth-order valence-corrected chi connectivity index (χ4v) is 3.02. The number of aromatic carboxylic acids is 1. The molecule has 1 fully saturated rings. The van der Waals surface area contributed by atoms with Crippen LogP contribution in [0.15, 0.2) is 48.5 Å². The molecule has 2 aromatic rings. The van der Waals surface area contributed by atoms with Crippen LogP contribution in [0.3, 0.4) is 0 Å². The van der Waals surface area contributed by atoms with Crippen LogP contribution in [0, 0.1) is 5.82 Å². The molecule has 1 unspecified atom stereocenters. The first-order chi connectivity index (χ1) is 12.5. The van der Waals surface area contributed by atoms with Gasteiger partial charge in [-0.15, -0.1) is 0 Å². The summed E-state index contributed by atoms with van der Waals surface area (Å²) in [7, 11) is 0. The fraction of sp³-hybridized carbons (Fsp3) is 0.300. The number of aryl methyl sites for hydroxylation is 1. The van der Waals surface area contributed by atoms with Crippen LogP contribution in [0.2, 0.25) is 0 Å². The Morgan fingerprint density at radius 3 is 2.58 bits per heavy atom. The number of benzene rings is 2. The Kier molecular flexibility index (Phi) is 5.63. The van der Waals surface area contributed by atoms with Crippen LogP contribution >= 0.6 is 0 Å². The van der Waals surface area contributed by atoms with Gasteiger partial charge in [0.2, 0.25) is 5.91 Å². The summed E-state index contributed by atoms with van der Waals surface area (Å²) in [5.41, 5.74) is 1.59. The Morgan fingerprint density at radius 1 is 1.15 bits per heavy atom. The van der Waals surface area contributed by atoms with Crippen molar-refractivity contribution in [2.45, 2.75) is 18.9 Å². The van der Waals surface area contributed by atoms with Crippen molar-refractivity contribution < 1.29 is 23.8 Å². The maximum atomic E-state index is 13.9. The van der Waals surface area contributed by atoms with Crippen LogP contribution in [0.25, 0.3) is 0 Å². The topological polar surface area (TPSA) is 66.8 Å². The third-order valence-electron chi connectivity index (χ3n) is 4.50. The van der Waals surface area contributed by atoms with E-state index in [0.29, 0.717) is 38.1 Å². The molecule has 3 rings (SSSR count). The predicted molar refractivity (Wildman–Crippen MR) is 93.4 cm³/mol. The van der Waals surface area contributed by atoms with Gasteiger partial charge in [0, 0.05) is 18.5 Å². The average Bonchev–Trinajstić information content (AvgIpc) is 2.67. The average molecular weight is 357 g/mol. The number of hydrogen-bond acceptors (Lipinski definition) is 3. The highest BCUT2D eigenvalue weighted by molar-refractivity contribution is 5.87. The zero-order valence-electron chi connectivity index (χ0n) is 14.2. The maximum absolute atomic E-state index is 13.9. The molecule has 0 aliphatic carbocycles. The van der Waals surface area contributed by atoms with Gasteiger partial charge in [0.1, 0.15) is 11.9 Å². The van der Waals surface area contributed by atoms with Gasteiger partial charge in [0.15, 0.2) is 0 Å². The van der Waals surface area contributed by atoms with Gasteiger partial charge >= 0.3 is 5.97 Å². The summed E-state index contributed by atoms with van der Waals surface area (Å²) in [6.07, 6.45) is 0.389. The van der Waals surface area contributed by atoms with Gasteiger partial charge < -0.3 is 14.7 Å². The number of morpholine rings is 1. The minimum absolute atomic E-state index is 0.0167. The molecule has 1 heterocycles. The van der Waals surface area contributed by atoms with Crippen LogP contribution < -0.4 is 0 Å².